The Hall–Kier alpha value is -1.37. The van der Waals surface area contributed by atoms with Gasteiger partial charge in [0.1, 0.15) is 24.4 Å². The van der Waals surface area contributed by atoms with Crippen molar-refractivity contribution in [2.75, 3.05) is 26.7 Å². The molecule has 0 aromatic carbocycles. The summed E-state index contributed by atoms with van der Waals surface area (Å²) in [6.07, 6.45) is -6.56. The van der Waals surface area contributed by atoms with Crippen molar-refractivity contribution in [3.63, 3.8) is 0 Å². The number of likely N-dealkylation sites (N-methyl/N-ethyl adjacent to an activating group) is 1. The zero-order valence-corrected chi connectivity index (χ0v) is 13.4. The molecule has 7 N–H and O–H groups in total. The number of hydrogen-bond donors (Lipinski definition) is 7. The summed E-state index contributed by atoms with van der Waals surface area (Å²) < 4.78 is 17.8. The summed E-state index contributed by atoms with van der Waals surface area (Å²) in [5.74, 6) is -3.71. The van der Waals surface area contributed by atoms with Gasteiger partial charge in [-0.2, -0.15) is 0 Å². The van der Waals surface area contributed by atoms with Gasteiger partial charge in [0, 0.05) is 13.6 Å². The van der Waals surface area contributed by atoms with Crippen LogP contribution in [0.5, 0.6) is 0 Å². The molecule has 0 bridgehead atoms. The average molecular weight is 352 g/mol. The minimum atomic E-state index is -2.25. The van der Waals surface area contributed by atoms with E-state index in [2.05, 4.69) is 16.0 Å². The Bertz CT molecular complexity index is 453. The minimum Gasteiger partial charge on any atom is -0.388 e. The fourth-order valence-electron chi connectivity index (χ4n) is 2.09. The molecule has 1 saturated heterocycles. The Morgan fingerprint density at radius 1 is 1.33 bits per heavy atom. The second kappa shape index (κ2) is 8.65. The van der Waals surface area contributed by atoms with E-state index in [9.17, 15) is 34.4 Å². The summed E-state index contributed by atoms with van der Waals surface area (Å²) in [6.45, 7) is -0.141. The van der Waals surface area contributed by atoms with E-state index in [1.807, 2.05) is 0 Å². The van der Waals surface area contributed by atoms with E-state index in [0.717, 1.165) is 6.92 Å². The maximum Gasteiger partial charge on any atom is 0.254 e. The fourth-order valence-corrected chi connectivity index (χ4v) is 2.09. The van der Waals surface area contributed by atoms with Crippen LogP contribution in [-0.2, 0) is 14.3 Å². The first kappa shape index (κ1) is 20.7. The Labute approximate surface area is 138 Å². The molecule has 0 aromatic heterocycles. The van der Waals surface area contributed by atoms with Gasteiger partial charge in [-0.25, -0.2) is 4.39 Å². The molecular formula is C13H24FN3O7. The van der Waals surface area contributed by atoms with Gasteiger partial charge in [-0.05, 0) is 6.92 Å². The third-order valence-electron chi connectivity index (χ3n) is 3.69. The van der Waals surface area contributed by atoms with Crippen molar-refractivity contribution in [2.45, 2.75) is 43.2 Å². The number of aliphatic hydroxyl groups excluding tert-OH is 3. The molecule has 0 saturated carbocycles. The van der Waals surface area contributed by atoms with Crippen LogP contribution in [0.4, 0.5) is 4.39 Å². The molecule has 1 aliphatic heterocycles. The molecule has 140 valence electrons. The zero-order chi connectivity index (χ0) is 18.5. The number of ether oxygens (including phenoxy) is 1. The molecule has 1 heterocycles. The summed E-state index contributed by atoms with van der Waals surface area (Å²) in [5.41, 5.74) is 0. The summed E-state index contributed by atoms with van der Waals surface area (Å²) in [4.78, 5) is 23.0. The average Bonchev–Trinajstić information content (AvgIpc) is 2.55. The predicted molar refractivity (Wildman–Crippen MR) is 78.4 cm³/mol. The van der Waals surface area contributed by atoms with E-state index in [1.165, 1.54) is 7.05 Å². The van der Waals surface area contributed by atoms with Crippen LogP contribution in [0.15, 0.2) is 0 Å². The predicted octanol–water partition coefficient (Wildman–Crippen LogP) is -4.03. The van der Waals surface area contributed by atoms with E-state index in [0.29, 0.717) is 0 Å². The number of amides is 2. The van der Waals surface area contributed by atoms with Crippen LogP contribution in [0, 0.1) is 0 Å². The van der Waals surface area contributed by atoms with Crippen LogP contribution >= 0.6 is 0 Å². The summed E-state index contributed by atoms with van der Waals surface area (Å²) >= 11 is 0. The van der Waals surface area contributed by atoms with Gasteiger partial charge in [0.15, 0.2) is 6.17 Å². The summed E-state index contributed by atoms with van der Waals surface area (Å²) in [6, 6.07) is -1.05. The highest BCUT2D eigenvalue weighted by molar-refractivity contribution is 5.84. The quantitative estimate of drug-likeness (QED) is 0.244. The molecule has 24 heavy (non-hydrogen) atoms. The van der Waals surface area contributed by atoms with E-state index in [-0.39, 0.29) is 6.54 Å². The van der Waals surface area contributed by atoms with Crippen LogP contribution in [0.3, 0.4) is 0 Å². The van der Waals surface area contributed by atoms with Crippen molar-refractivity contribution in [1.29, 1.82) is 0 Å². The van der Waals surface area contributed by atoms with Crippen LogP contribution in [0.2, 0.25) is 0 Å². The number of carbonyl (C=O) groups is 2. The Morgan fingerprint density at radius 2 is 1.96 bits per heavy atom. The first-order chi connectivity index (χ1) is 11.1. The van der Waals surface area contributed by atoms with Gasteiger partial charge in [-0.1, -0.05) is 0 Å². The van der Waals surface area contributed by atoms with E-state index in [1.54, 1.807) is 0 Å². The van der Waals surface area contributed by atoms with Crippen LogP contribution < -0.4 is 16.0 Å². The highest BCUT2D eigenvalue weighted by Gasteiger charge is 2.48. The van der Waals surface area contributed by atoms with Gasteiger partial charge in [0.25, 0.3) is 5.91 Å². The van der Waals surface area contributed by atoms with Crippen molar-refractivity contribution in [2.24, 2.45) is 0 Å². The Balaban J connectivity index is 2.67. The smallest absolute Gasteiger partial charge is 0.254 e. The highest BCUT2D eigenvalue weighted by Crippen LogP contribution is 2.23. The van der Waals surface area contributed by atoms with E-state index < -0.39 is 61.3 Å². The number of aliphatic hydroxyl groups is 4. The molecular weight excluding hydrogens is 328 g/mol. The van der Waals surface area contributed by atoms with Crippen LogP contribution in [-0.4, -0.2) is 95.3 Å². The summed E-state index contributed by atoms with van der Waals surface area (Å²) in [5, 5.41) is 46.1. The molecule has 0 radical (unpaired) electrons. The standard InChI is InChI=1S/C13H24FN3O7/c1-6(14)11(21)16-3-7(12(22)15-2)17-5-13(23)10(20)9(19)8(18)4-24-13/h6-10,17-20,23H,3-5H2,1-2H3,(H,15,22)(H,16,21)/t6?,7?,8-,9+,10?,13?/m0/s1/i14-1. The largest absolute Gasteiger partial charge is 0.388 e. The van der Waals surface area contributed by atoms with Crippen LogP contribution in [0.25, 0.3) is 0 Å². The van der Waals surface area contributed by atoms with Gasteiger partial charge < -0.3 is 35.8 Å². The lowest BCUT2D eigenvalue weighted by Gasteiger charge is -2.42. The Kier molecular flexibility index (Phi) is 7.45. The molecule has 4 unspecified atom stereocenters. The van der Waals surface area contributed by atoms with Crippen molar-refractivity contribution in [1.82, 2.24) is 16.0 Å². The molecule has 0 spiro atoms. The zero-order valence-electron chi connectivity index (χ0n) is 13.4. The molecule has 2 amide bonds. The maximum absolute atomic E-state index is 12.8. The second-order valence-electron chi connectivity index (χ2n) is 5.57. The SMILES string of the molecule is CNC(=O)C(CNC(=O)C(C)[18F])NCC1(O)OC[C@H](O)[C@@H](O)C1O. The normalized spacial score (nSPS) is 32.7. The number of hydrogen-bond acceptors (Lipinski definition) is 8. The number of alkyl halides is 1. The van der Waals surface area contributed by atoms with Gasteiger partial charge in [0.05, 0.1) is 13.2 Å². The highest BCUT2D eigenvalue weighted by atomic mass is 18.2. The lowest BCUT2D eigenvalue weighted by atomic mass is 9.96. The lowest BCUT2D eigenvalue weighted by Crippen LogP contribution is -2.66. The molecule has 11 heteroatoms. The van der Waals surface area contributed by atoms with Crippen molar-refractivity contribution in [3.05, 3.63) is 0 Å². The third kappa shape index (κ3) is 5.06. The van der Waals surface area contributed by atoms with Crippen molar-refractivity contribution in [3.8, 4) is 0 Å². The summed E-state index contributed by atoms with van der Waals surface area (Å²) in [7, 11) is 1.34. The second-order valence-corrected chi connectivity index (χ2v) is 5.57. The first-order valence-corrected chi connectivity index (χ1v) is 7.39. The van der Waals surface area contributed by atoms with Gasteiger partial charge >= 0.3 is 0 Å². The van der Waals surface area contributed by atoms with Gasteiger partial charge in [-0.15, -0.1) is 0 Å². The number of halogens is 1. The molecule has 1 fully saturated rings. The number of nitrogens with one attached hydrogen (secondary N) is 3. The van der Waals surface area contributed by atoms with Crippen molar-refractivity contribution >= 4 is 11.8 Å². The topological polar surface area (TPSA) is 160 Å². The maximum atomic E-state index is 12.8. The molecule has 10 nitrogen and oxygen atoms in total. The fraction of sp³-hybridized carbons (Fsp3) is 0.846. The molecule has 1 aliphatic rings. The van der Waals surface area contributed by atoms with Crippen molar-refractivity contribution < 1.29 is 39.1 Å². The number of rotatable bonds is 7. The molecule has 1 rings (SSSR count). The van der Waals surface area contributed by atoms with Gasteiger partial charge in [-0.3, -0.25) is 14.9 Å². The van der Waals surface area contributed by atoms with Crippen LogP contribution in [0.1, 0.15) is 6.92 Å². The first-order valence-electron chi connectivity index (χ1n) is 7.39. The monoisotopic (exact) mass is 352 g/mol. The molecule has 6 atom stereocenters. The molecule has 0 aliphatic carbocycles. The lowest BCUT2D eigenvalue weighted by molar-refractivity contribution is -0.318. The minimum absolute atomic E-state index is 0.274. The van der Waals surface area contributed by atoms with Gasteiger partial charge in [0.2, 0.25) is 11.7 Å². The number of carbonyl (C=O) groups excluding carboxylic acids is 2. The van der Waals surface area contributed by atoms with E-state index >= 15 is 0 Å². The Morgan fingerprint density at radius 3 is 2.50 bits per heavy atom. The third-order valence-corrected chi connectivity index (χ3v) is 3.69. The van der Waals surface area contributed by atoms with E-state index in [4.69, 9.17) is 4.74 Å². The molecule has 0 aromatic rings.